The molecule has 1 atom stereocenters. The summed E-state index contributed by atoms with van der Waals surface area (Å²) in [7, 11) is 1.70. The molecule has 7 rings (SSSR count). The maximum absolute atomic E-state index is 14.2. The fourth-order valence-corrected chi connectivity index (χ4v) is 4.95. The Bertz CT molecular complexity index is 1350. The van der Waals surface area contributed by atoms with Crippen LogP contribution in [0.15, 0.2) is 29.6 Å². The minimum absolute atomic E-state index is 0.0636. The van der Waals surface area contributed by atoms with Crippen LogP contribution in [-0.4, -0.2) is 39.9 Å². The van der Waals surface area contributed by atoms with Crippen molar-refractivity contribution < 1.29 is 4.39 Å². The summed E-state index contributed by atoms with van der Waals surface area (Å²) in [5.41, 5.74) is 3.07. The SMILES string of the molecule is Cc1cc2ncnn2cc1Nc1ncc2c(n1)n(C13CC(F)C(C1)C3)c(=O)n2C. The highest BCUT2D eigenvalue weighted by molar-refractivity contribution is 5.73. The van der Waals surface area contributed by atoms with Crippen LogP contribution in [0.5, 0.6) is 0 Å². The number of nitrogens with zero attached hydrogens (tertiary/aromatic N) is 7. The number of aryl methyl sites for hydroxylation is 2. The molecular formula is C19H19FN8O. The lowest BCUT2D eigenvalue weighted by atomic mass is 9.77. The molecule has 10 heteroatoms. The van der Waals surface area contributed by atoms with Gasteiger partial charge in [-0.2, -0.15) is 10.1 Å². The van der Waals surface area contributed by atoms with E-state index in [9.17, 15) is 9.18 Å². The van der Waals surface area contributed by atoms with Crippen LogP contribution in [0.2, 0.25) is 0 Å². The van der Waals surface area contributed by atoms with E-state index in [-0.39, 0.29) is 11.6 Å². The third-order valence-corrected chi connectivity index (χ3v) is 6.52. The zero-order valence-electron chi connectivity index (χ0n) is 16.0. The van der Waals surface area contributed by atoms with E-state index in [2.05, 4.69) is 25.4 Å². The summed E-state index contributed by atoms with van der Waals surface area (Å²) in [5.74, 6) is 0.440. The fraction of sp³-hybridized carbons (Fsp3) is 0.421. The zero-order valence-corrected chi connectivity index (χ0v) is 16.0. The molecule has 1 unspecified atom stereocenters. The third kappa shape index (κ3) is 2.16. The molecule has 3 aliphatic carbocycles. The summed E-state index contributed by atoms with van der Waals surface area (Å²) in [4.78, 5) is 26.2. The van der Waals surface area contributed by atoms with Gasteiger partial charge in [-0.3, -0.25) is 9.13 Å². The van der Waals surface area contributed by atoms with E-state index in [0.29, 0.717) is 36.4 Å². The largest absolute Gasteiger partial charge is 0.330 e. The number of hydrogen-bond donors (Lipinski definition) is 1. The van der Waals surface area contributed by atoms with Crippen LogP contribution >= 0.6 is 0 Å². The van der Waals surface area contributed by atoms with Gasteiger partial charge in [-0.1, -0.05) is 0 Å². The number of alkyl halides is 1. The van der Waals surface area contributed by atoms with Gasteiger partial charge in [0, 0.05) is 13.5 Å². The van der Waals surface area contributed by atoms with Crippen LogP contribution < -0.4 is 11.0 Å². The van der Waals surface area contributed by atoms with Crippen molar-refractivity contribution in [1.29, 1.82) is 0 Å². The Morgan fingerprint density at radius 1 is 1.28 bits per heavy atom. The molecule has 29 heavy (non-hydrogen) atoms. The van der Waals surface area contributed by atoms with E-state index in [4.69, 9.17) is 0 Å². The van der Waals surface area contributed by atoms with Crippen molar-refractivity contribution in [2.75, 3.05) is 5.32 Å². The highest BCUT2D eigenvalue weighted by Crippen LogP contribution is 2.58. The van der Waals surface area contributed by atoms with Crippen LogP contribution in [0.3, 0.4) is 0 Å². The van der Waals surface area contributed by atoms with Gasteiger partial charge in [0.05, 0.1) is 23.6 Å². The first-order valence-corrected chi connectivity index (χ1v) is 9.61. The normalized spacial score (nSPS) is 25.6. The van der Waals surface area contributed by atoms with Crippen LogP contribution in [0.25, 0.3) is 16.8 Å². The number of halogens is 1. The molecule has 3 fully saturated rings. The molecule has 0 saturated heterocycles. The number of nitrogens with one attached hydrogen (secondary N) is 1. The van der Waals surface area contributed by atoms with Crippen molar-refractivity contribution in [2.45, 2.75) is 37.9 Å². The summed E-state index contributed by atoms with van der Waals surface area (Å²) in [6.07, 6.45) is 5.89. The second-order valence-electron chi connectivity index (χ2n) is 8.25. The molecule has 0 aromatic carbocycles. The number of rotatable bonds is 3. The molecular weight excluding hydrogens is 375 g/mol. The summed E-state index contributed by atoms with van der Waals surface area (Å²) in [5, 5.41) is 7.37. The van der Waals surface area contributed by atoms with Gasteiger partial charge >= 0.3 is 5.69 Å². The Morgan fingerprint density at radius 3 is 2.86 bits per heavy atom. The van der Waals surface area contributed by atoms with Gasteiger partial charge in [-0.25, -0.2) is 23.7 Å². The molecule has 0 aliphatic heterocycles. The molecule has 0 radical (unpaired) electrons. The minimum atomic E-state index is -0.839. The highest BCUT2D eigenvalue weighted by Gasteiger charge is 2.59. The van der Waals surface area contributed by atoms with Gasteiger partial charge < -0.3 is 5.32 Å². The second kappa shape index (κ2) is 5.40. The molecule has 4 heterocycles. The molecule has 1 N–H and O–H groups in total. The average Bonchev–Trinajstić information content (AvgIpc) is 3.38. The maximum atomic E-state index is 14.2. The summed E-state index contributed by atoms with van der Waals surface area (Å²) in [6.45, 7) is 1.96. The van der Waals surface area contributed by atoms with Gasteiger partial charge in [0.15, 0.2) is 11.3 Å². The van der Waals surface area contributed by atoms with E-state index in [1.807, 2.05) is 19.2 Å². The first-order valence-electron chi connectivity index (χ1n) is 9.61. The number of pyridine rings is 1. The zero-order chi connectivity index (χ0) is 19.9. The van der Waals surface area contributed by atoms with E-state index in [1.54, 1.807) is 26.9 Å². The lowest BCUT2D eigenvalue weighted by Crippen LogP contribution is -2.45. The van der Waals surface area contributed by atoms with E-state index < -0.39 is 11.7 Å². The summed E-state index contributed by atoms with van der Waals surface area (Å²) < 4.78 is 19.1. The number of anilines is 2. The van der Waals surface area contributed by atoms with Gasteiger partial charge in [0.2, 0.25) is 5.95 Å². The number of aromatic nitrogens is 7. The first kappa shape index (κ1) is 16.6. The molecule has 148 valence electrons. The second-order valence-corrected chi connectivity index (χ2v) is 8.25. The quantitative estimate of drug-likeness (QED) is 0.572. The molecule has 0 amide bonds. The minimum Gasteiger partial charge on any atom is -0.323 e. The molecule has 3 aliphatic rings. The van der Waals surface area contributed by atoms with E-state index in [0.717, 1.165) is 16.9 Å². The van der Waals surface area contributed by atoms with Crippen LogP contribution in [0.1, 0.15) is 24.8 Å². The summed E-state index contributed by atoms with van der Waals surface area (Å²) in [6, 6.07) is 1.92. The fourth-order valence-electron chi connectivity index (χ4n) is 4.95. The molecule has 3 saturated carbocycles. The van der Waals surface area contributed by atoms with Crippen molar-refractivity contribution in [2.24, 2.45) is 13.0 Å². The van der Waals surface area contributed by atoms with E-state index >= 15 is 0 Å². The third-order valence-electron chi connectivity index (χ3n) is 6.52. The number of imidazole rings is 1. The van der Waals surface area contributed by atoms with Gasteiger partial charge in [0.1, 0.15) is 18.0 Å². The molecule has 2 bridgehead atoms. The highest BCUT2D eigenvalue weighted by atomic mass is 19.1. The Labute approximate surface area is 164 Å². The Balaban J connectivity index is 1.46. The van der Waals surface area contributed by atoms with Crippen LogP contribution in [0, 0.1) is 12.8 Å². The monoisotopic (exact) mass is 394 g/mol. The Kier molecular flexibility index (Phi) is 3.10. The van der Waals surface area contributed by atoms with Crippen LogP contribution in [-0.2, 0) is 12.6 Å². The molecule has 4 aromatic heterocycles. The van der Waals surface area contributed by atoms with Crippen LogP contribution in [0.4, 0.5) is 16.0 Å². The Hall–Kier alpha value is -3.30. The predicted molar refractivity (Wildman–Crippen MR) is 104 cm³/mol. The number of fused-ring (bicyclic) bond motifs is 3. The van der Waals surface area contributed by atoms with Crippen molar-refractivity contribution in [3.63, 3.8) is 0 Å². The molecule has 4 aromatic rings. The van der Waals surface area contributed by atoms with Gasteiger partial charge in [0.25, 0.3) is 0 Å². The van der Waals surface area contributed by atoms with Gasteiger partial charge in [-0.05, 0) is 37.3 Å². The molecule has 9 nitrogen and oxygen atoms in total. The topological polar surface area (TPSA) is 94.9 Å². The van der Waals surface area contributed by atoms with Crippen molar-refractivity contribution in [3.05, 3.63) is 40.8 Å². The van der Waals surface area contributed by atoms with E-state index in [1.165, 1.54) is 6.33 Å². The smallest absolute Gasteiger partial charge is 0.323 e. The lowest BCUT2D eigenvalue weighted by Gasteiger charge is -2.38. The average molecular weight is 394 g/mol. The predicted octanol–water partition coefficient (Wildman–Crippen LogP) is 2.07. The van der Waals surface area contributed by atoms with Crippen molar-refractivity contribution in [1.82, 2.24) is 33.7 Å². The van der Waals surface area contributed by atoms with Gasteiger partial charge in [-0.15, -0.1) is 0 Å². The maximum Gasteiger partial charge on any atom is 0.330 e. The van der Waals surface area contributed by atoms with Crippen molar-refractivity contribution >= 4 is 28.4 Å². The number of hydrogen-bond acceptors (Lipinski definition) is 6. The summed E-state index contributed by atoms with van der Waals surface area (Å²) >= 11 is 0. The molecule has 0 spiro atoms. The standard InChI is InChI=1S/C19H19FN8O/c1-10-3-15-22-9-23-27(15)8-13(10)24-17-21-7-14-16(25-17)28(18(29)26(14)2)19-4-11(5-19)12(20)6-19/h3,7-9,11-12H,4-6H2,1-2H3,(H,21,24,25). The first-order chi connectivity index (χ1) is 13.9. The lowest BCUT2D eigenvalue weighted by molar-refractivity contribution is 0.139. The van der Waals surface area contributed by atoms with Crippen molar-refractivity contribution in [3.8, 4) is 0 Å². The Morgan fingerprint density at radius 2 is 2.10 bits per heavy atom.